The molecular formula is C18H22ClNO. The lowest BCUT2D eigenvalue weighted by atomic mass is 9.87. The molecule has 2 unspecified atom stereocenters. The van der Waals surface area contributed by atoms with Crippen molar-refractivity contribution in [2.45, 2.75) is 32.8 Å². The standard InChI is InChI=1S/C18H22ClNO/c1-11-4-6-14(8-13(11)3)16(10-20)18(21)15-7-5-12(2)17(19)9-15/h4-9,16,18,21H,10,20H2,1-3H3. The molecule has 0 bridgehead atoms. The van der Waals surface area contributed by atoms with Crippen LogP contribution in [0.25, 0.3) is 0 Å². The lowest BCUT2D eigenvalue weighted by Gasteiger charge is -2.23. The molecule has 3 N–H and O–H groups in total. The number of rotatable bonds is 4. The van der Waals surface area contributed by atoms with Crippen molar-refractivity contribution >= 4 is 11.6 Å². The van der Waals surface area contributed by atoms with Crippen molar-refractivity contribution in [2.24, 2.45) is 5.73 Å². The molecule has 0 radical (unpaired) electrons. The van der Waals surface area contributed by atoms with Crippen LogP contribution in [0.1, 0.15) is 39.8 Å². The maximum Gasteiger partial charge on any atom is 0.0871 e. The fourth-order valence-corrected chi connectivity index (χ4v) is 2.66. The highest BCUT2D eigenvalue weighted by Gasteiger charge is 2.22. The Kier molecular flexibility index (Phi) is 5.04. The summed E-state index contributed by atoms with van der Waals surface area (Å²) >= 11 is 6.16. The Bertz CT molecular complexity index is 639. The second-order valence-corrected chi connectivity index (χ2v) is 6.05. The molecule has 0 aliphatic heterocycles. The molecule has 0 aromatic heterocycles. The van der Waals surface area contributed by atoms with Crippen molar-refractivity contribution in [3.8, 4) is 0 Å². The number of aryl methyl sites for hydroxylation is 3. The van der Waals surface area contributed by atoms with Gasteiger partial charge >= 0.3 is 0 Å². The molecule has 2 aromatic rings. The third kappa shape index (κ3) is 3.46. The van der Waals surface area contributed by atoms with Crippen LogP contribution in [0.15, 0.2) is 36.4 Å². The second kappa shape index (κ2) is 6.61. The molecule has 3 heteroatoms. The molecule has 2 atom stereocenters. The van der Waals surface area contributed by atoms with Crippen LogP contribution in [-0.4, -0.2) is 11.7 Å². The van der Waals surface area contributed by atoms with E-state index in [9.17, 15) is 5.11 Å². The van der Waals surface area contributed by atoms with Gasteiger partial charge in [-0.2, -0.15) is 0 Å². The fraction of sp³-hybridized carbons (Fsp3) is 0.333. The van der Waals surface area contributed by atoms with Gasteiger partial charge in [-0.1, -0.05) is 41.9 Å². The van der Waals surface area contributed by atoms with E-state index in [1.807, 2.05) is 31.2 Å². The van der Waals surface area contributed by atoms with Crippen LogP contribution < -0.4 is 5.73 Å². The lowest BCUT2D eigenvalue weighted by molar-refractivity contribution is 0.147. The second-order valence-electron chi connectivity index (χ2n) is 5.64. The van der Waals surface area contributed by atoms with E-state index in [0.717, 1.165) is 16.7 Å². The summed E-state index contributed by atoms with van der Waals surface area (Å²) in [5.74, 6) is -0.136. The van der Waals surface area contributed by atoms with Gasteiger partial charge in [0.15, 0.2) is 0 Å². The average Bonchev–Trinajstić information content (AvgIpc) is 2.46. The molecule has 0 aliphatic carbocycles. The van der Waals surface area contributed by atoms with Crippen LogP contribution in [0, 0.1) is 20.8 Å². The van der Waals surface area contributed by atoms with E-state index in [2.05, 4.69) is 26.0 Å². The molecule has 0 saturated heterocycles. The summed E-state index contributed by atoms with van der Waals surface area (Å²) in [6.45, 7) is 6.48. The quantitative estimate of drug-likeness (QED) is 0.895. The van der Waals surface area contributed by atoms with Crippen LogP contribution in [0.3, 0.4) is 0 Å². The van der Waals surface area contributed by atoms with Gasteiger partial charge in [0.2, 0.25) is 0 Å². The molecule has 2 nitrogen and oxygen atoms in total. The molecule has 2 aromatic carbocycles. The number of hydrogen-bond donors (Lipinski definition) is 2. The van der Waals surface area contributed by atoms with Crippen molar-refractivity contribution in [1.29, 1.82) is 0 Å². The summed E-state index contributed by atoms with van der Waals surface area (Å²) in [6.07, 6.45) is -0.657. The van der Waals surface area contributed by atoms with Gasteiger partial charge in [0.25, 0.3) is 0 Å². The van der Waals surface area contributed by atoms with Gasteiger partial charge in [-0.25, -0.2) is 0 Å². The topological polar surface area (TPSA) is 46.2 Å². The molecular weight excluding hydrogens is 282 g/mol. The van der Waals surface area contributed by atoms with Crippen molar-refractivity contribution < 1.29 is 5.11 Å². The predicted octanol–water partition coefficient (Wildman–Crippen LogP) is 4.04. The molecule has 0 aliphatic rings. The van der Waals surface area contributed by atoms with E-state index in [-0.39, 0.29) is 5.92 Å². The van der Waals surface area contributed by atoms with Gasteiger partial charge < -0.3 is 10.8 Å². The van der Waals surface area contributed by atoms with E-state index in [1.165, 1.54) is 11.1 Å². The number of aliphatic hydroxyl groups excluding tert-OH is 1. The van der Waals surface area contributed by atoms with Crippen LogP contribution in [0.2, 0.25) is 5.02 Å². The van der Waals surface area contributed by atoms with E-state index in [1.54, 1.807) is 0 Å². The number of aliphatic hydroxyl groups is 1. The van der Waals surface area contributed by atoms with Crippen LogP contribution >= 0.6 is 11.6 Å². The molecule has 0 fully saturated rings. The van der Waals surface area contributed by atoms with Crippen LogP contribution in [0.5, 0.6) is 0 Å². The van der Waals surface area contributed by atoms with Gasteiger partial charge in [-0.15, -0.1) is 0 Å². The van der Waals surface area contributed by atoms with Crippen molar-refractivity contribution in [3.05, 3.63) is 69.2 Å². The summed E-state index contributed by atoms with van der Waals surface area (Å²) in [5, 5.41) is 11.3. The van der Waals surface area contributed by atoms with Crippen molar-refractivity contribution in [1.82, 2.24) is 0 Å². The van der Waals surface area contributed by atoms with Crippen LogP contribution in [-0.2, 0) is 0 Å². The first-order chi connectivity index (χ1) is 9.93. The Morgan fingerprint density at radius 1 is 0.952 bits per heavy atom. The molecule has 0 heterocycles. The third-order valence-corrected chi connectivity index (χ3v) is 4.54. The Morgan fingerprint density at radius 2 is 1.57 bits per heavy atom. The molecule has 0 spiro atoms. The Hall–Kier alpha value is -1.35. The Balaban J connectivity index is 2.35. The summed E-state index contributed by atoms with van der Waals surface area (Å²) in [5.41, 5.74) is 11.2. The lowest BCUT2D eigenvalue weighted by Crippen LogP contribution is -2.20. The van der Waals surface area contributed by atoms with E-state index in [4.69, 9.17) is 17.3 Å². The first-order valence-corrected chi connectivity index (χ1v) is 7.53. The summed E-state index contributed by atoms with van der Waals surface area (Å²) in [4.78, 5) is 0. The number of nitrogens with two attached hydrogens (primary N) is 1. The summed E-state index contributed by atoms with van der Waals surface area (Å²) in [7, 11) is 0. The van der Waals surface area contributed by atoms with Gasteiger partial charge in [0.1, 0.15) is 0 Å². The monoisotopic (exact) mass is 303 g/mol. The van der Waals surface area contributed by atoms with E-state index in [0.29, 0.717) is 11.6 Å². The third-order valence-electron chi connectivity index (χ3n) is 4.13. The van der Waals surface area contributed by atoms with Gasteiger partial charge in [-0.05, 0) is 54.7 Å². The number of benzene rings is 2. The first kappa shape index (κ1) is 16.0. The molecule has 0 amide bonds. The highest BCUT2D eigenvalue weighted by atomic mass is 35.5. The fourth-order valence-electron chi connectivity index (χ4n) is 2.47. The molecule has 0 saturated carbocycles. The zero-order chi connectivity index (χ0) is 15.6. The van der Waals surface area contributed by atoms with E-state index < -0.39 is 6.10 Å². The molecule has 2 rings (SSSR count). The maximum atomic E-state index is 10.7. The minimum Gasteiger partial charge on any atom is -0.388 e. The Labute approximate surface area is 131 Å². The van der Waals surface area contributed by atoms with Crippen molar-refractivity contribution in [3.63, 3.8) is 0 Å². The zero-order valence-corrected chi connectivity index (χ0v) is 13.5. The predicted molar refractivity (Wildman–Crippen MR) is 88.9 cm³/mol. The minimum absolute atomic E-state index is 0.136. The number of hydrogen-bond acceptors (Lipinski definition) is 2. The Morgan fingerprint density at radius 3 is 2.14 bits per heavy atom. The highest BCUT2D eigenvalue weighted by Crippen LogP contribution is 2.32. The van der Waals surface area contributed by atoms with Crippen molar-refractivity contribution in [2.75, 3.05) is 6.54 Å². The van der Waals surface area contributed by atoms with E-state index >= 15 is 0 Å². The normalized spacial score (nSPS) is 14.0. The van der Waals surface area contributed by atoms with Crippen LogP contribution in [0.4, 0.5) is 0 Å². The summed E-state index contributed by atoms with van der Waals surface area (Å²) in [6, 6.07) is 11.9. The van der Waals surface area contributed by atoms with Gasteiger partial charge in [0, 0.05) is 17.5 Å². The molecule has 21 heavy (non-hydrogen) atoms. The maximum absolute atomic E-state index is 10.7. The first-order valence-electron chi connectivity index (χ1n) is 7.15. The molecule has 112 valence electrons. The largest absolute Gasteiger partial charge is 0.388 e. The zero-order valence-electron chi connectivity index (χ0n) is 12.7. The number of halogens is 1. The summed E-state index contributed by atoms with van der Waals surface area (Å²) < 4.78 is 0. The SMILES string of the molecule is Cc1ccc(C(CN)C(O)c2ccc(C)c(Cl)c2)cc1C. The average molecular weight is 304 g/mol. The smallest absolute Gasteiger partial charge is 0.0871 e. The van der Waals surface area contributed by atoms with Gasteiger partial charge in [0.05, 0.1) is 6.10 Å². The minimum atomic E-state index is -0.657. The van der Waals surface area contributed by atoms with Gasteiger partial charge in [-0.3, -0.25) is 0 Å². The highest BCUT2D eigenvalue weighted by molar-refractivity contribution is 6.31.